The lowest BCUT2D eigenvalue weighted by atomic mass is 9.89. The highest BCUT2D eigenvalue weighted by atomic mass is 16.5. The van der Waals surface area contributed by atoms with Crippen molar-refractivity contribution in [2.24, 2.45) is 5.92 Å². The van der Waals surface area contributed by atoms with Crippen molar-refractivity contribution in [2.45, 2.75) is 65.0 Å². The van der Waals surface area contributed by atoms with Gasteiger partial charge in [-0.05, 0) is 100 Å². The molecule has 2 aliphatic rings. The lowest BCUT2D eigenvalue weighted by Gasteiger charge is -2.39. The molecule has 3 aromatic rings. The Labute approximate surface area is 223 Å². The Hall–Kier alpha value is -2.82. The van der Waals surface area contributed by atoms with Gasteiger partial charge in [-0.1, -0.05) is 60.7 Å². The second-order valence-corrected chi connectivity index (χ2v) is 11.5. The van der Waals surface area contributed by atoms with Crippen LogP contribution >= 0.6 is 0 Å². The van der Waals surface area contributed by atoms with Crippen LogP contribution < -0.4 is 15.8 Å². The summed E-state index contributed by atoms with van der Waals surface area (Å²) < 4.78 is 6.88. The Bertz CT molecular complexity index is 1120. The normalized spacial score (nSPS) is 19.8. The topological polar surface area (TPSA) is 50.5 Å². The molecule has 3 N–H and O–H groups in total. The van der Waals surface area contributed by atoms with Gasteiger partial charge < -0.3 is 15.8 Å². The SMILES string of the molecule is Cc1c(C)c2c(c(C)c1N)CC(C)(CN(CCC1CCNCC1)C(c1ccccc1)c1ccccc1)O2. The van der Waals surface area contributed by atoms with Crippen molar-refractivity contribution in [3.63, 3.8) is 0 Å². The quantitative estimate of drug-likeness (QED) is 0.355. The van der Waals surface area contributed by atoms with Crippen LogP contribution in [0.15, 0.2) is 60.7 Å². The van der Waals surface area contributed by atoms with Gasteiger partial charge in [-0.15, -0.1) is 0 Å². The molecule has 1 fully saturated rings. The number of nitrogen functional groups attached to an aromatic ring is 1. The first-order valence-electron chi connectivity index (χ1n) is 14.0. The maximum Gasteiger partial charge on any atom is 0.127 e. The van der Waals surface area contributed by atoms with E-state index >= 15 is 0 Å². The van der Waals surface area contributed by atoms with E-state index in [-0.39, 0.29) is 11.6 Å². The number of piperidine rings is 1. The van der Waals surface area contributed by atoms with Gasteiger partial charge in [0.25, 0.3) is 0 Å². The number of hydrogen-bond acceptors (Lipinski definition) is 4. The summed E-state index contributed by atoms with van der Waals surface area (Å²) in [5, 5.41) is 3.53. The fourth-order valence-electron chi connectivity index (χ4n) is 6.44. The molecule has 0 amide bonds. The van der Waals surface area contributed by atoms with Crippen molar-refractivity contribution in [1.29, 1.82) is 0 Å². The van der Waals surface area contributed by atoms with Crippen LogP contribution in [-0.2, 0) is 6.42 Å². The Morgan fingerprint density at radius 2 is 1.51 bits per heavy atom. The second kappa shape index (κ2) is 10.9. The molecule has 4 heteroatoms. The van der Waals surface area contributed by atoms with Gasteiger partial charge in [0.05, 0.1) is 6.04 Å². The van der Waals surface area contributed by atoms with Gasteiger partial charge >= 0.3 is 0 Å². The Morgan fingerprint density at radius 3 is 2.11 bits per heavy atom. The summed E-state index contributed by atoms with van der Waals surface area (Å²) in [4.78, 5) is 2.69. The van der Waals surface area contributed by atoms with Gasteiger partial charge in [-0.2, -0.15) is 0 Å². The van der Waals surface area contributed by atoms with E-state index in [0.717, 1.165) is 55.5 Å². The molecule has 5 rings (SSSR count). The zero-order chi connectivity index (χ0) is 26.0. The standard InChI is InChI=1S/C33H43N3O/c1-23-24(2)32-29(25(3)30(23)34)21-33(4,37-32)22-36(20-17-26-15-18-35-19-16-26)31(27-11-7-5-8-12-27)28-13-9-6-10-14-28/h5-14,26,31,35H,15-22,34H2,1-4H3. The number of ether oxygens (including phenoxy) is 1. The van der Waals surface area contributed by atoms with Crippen molar-refractivity contribution in [3.05, 3.63) is 94.0 Å². The summed E-state index contributed by atoms with van der Waals surface area (Å²) in [6, 6.07) is 22.2. The first kappa shape index (κ1) is 25.8. The van der Waals surface area contributed by atoms with Crippen LogP contribution in [0.5, 0.6) is 5.75 Å². The van der Waals surface area contributed by atoms with E-state index < -0.39 is 0 Å². The highest BCUT2D eigenvalue weighted by Crippen LogP contribution is 2.45. The summed E-state index contributed by atoms with van der Waals surface area (Å²) in [7, 11) is 0. The molecule has 0 radical (unpaired) electrons. The van der Waals surface area contributed by atoms with Crippen LogP contribution in [0.1, 0.15) is 65.6 Å². The average Bonchev–Trinajstić information content (AvgIpc) is 3.29. The maximum absolute atomic E-state index is 6.88. The van der Waals surface area contributed by atoms with Crippen LogP contribution in [0, 0.1) is 26.7 Å². The van der Waals surface area contributed by atoms with E-state index in [2.05, 4.69) is 98.6 Å². The number of nitrogens with zero attached hydrogens (tertiary/aromatic N) is 1. The lowest BCUT2D eigenvalue weighted by molar-refractivity contribution is 0.0467. The van der Waals surface area contributed by atoms with E-state index in [0.29, 0.717) is 0 Å². The maximum atomic E-state index is 6.88. The molecule has 1 unspecified atom stereocenters. The summed E-state index contributed by atoms with van der Waals surface area (Å²) in [5.74, 6) is 1.83. The highest BCUT2D eigenvalue weighted by Gasteiger charge is 2.41. The number of benzene rings is 3. The molecular formula is C33H43N3O. The molecule has 2 aliphatic heterocycles. The van der Waals surface area contributed by atoms with E-state index in [1.165, 1.54) is 47.1 Å². The van der Waals surface area contributed by atoms with Gasteiger partial charge in [0, 0.05) is 24.2 Å². The largest absolute Gasteiger partial charge is 0.485 e. The first-order valence-corrected chi connectivity index (χ1v) is 14.0. The molecular weight excluding hydrogens is 454 g/mol. The lowest BCUT2D eigenvalue weighted by Crippen LogP contribution is -2.47. The number of nitrogens with two attached hydrogens (primary N) is 1. The van der Waals surface area contributed by atoms with Crippen LogP contribution in [0.4, 0.5) is 5.69 Å². The fraction of sp³-hybridized carbons (Fsp3) is 0.455. The fourth-order valence-corrected chi connectivity index (χ4v) is 6.44. The van der Waals surface area contributed by atoms with E-state index in [9.17, 15) is 0 Å². The van der Waals surface area contributed by atoms with Crippen LogP contribution in [-0.4, -0.2) is 36.7 Å². The van der Waals surface area contributed by atoms with Crippen molar-refractivity contribution in [2.75, 3.05) is 31.9 Å². The summed E-state index contributed by atoms with van der Waals surface area (Å²) in [6.07, 6.45) is 4.64. The average molecular weight is 498 g/mol. The number of fused-ring (bicyclic) bond motifs is 1. The van der Waals surface area contributed by atoms with Crippen molar-refractivity contribution >= 4 is 5.69 Å². The highest BCUT2D eigenvalue weighted by molar-refractivity contribution is 5.66. The zero-order valence-corrected chi connectivity index (χ0v) is 23.0. The molecule has 196 valence electrons. The van der Waals surface area contributed by atoms with Gasteiger partial charge in [-0.3, -0.25) is 4.90 Å². The van der Waals surface area contributed by atoms with Crippen molar-refractivity contribution < 1.29 is 4.74 Å². The molecule has 1 saturated heterocycles. The molecule has 2 heterocycles. The van der Waals surface area contributed by atoms with Crippen LogP contribution in [0.3, 0.4) is 0 Å². The third-order valence-corrected chi connectivity index (χ3v) is 8.75. The van der Waals surface area contributed by atoms with Crippen molar-refractivity contribution in [1.82, 2.24) is 10.2 Å². The Balaban J connectivity index is 1.49. The summed E-state index contributed by atoms with van der Waals surface area (Å²) in [6.45, 7) is 12.9. The molecule has 1 atom stereocenters. The third kappa shape index (κ3) is 5.42. The van der Waals surface area contributed by atoms with E-state index in [4.69, 9.17) is 10.5 Å². The second-order valence-electron chi connectivity index (χ2n) is 11.5. The minimum Gasteiger partial charge on any atom is -0.485 e. The van der Waals surface area contributed by atoms with Crippen molar-refractivity contribution in [3.8, 4) is 5.75 Å². The smallest absolute Gasteiger partial charge is 0.127 e. The third-order valence-electron chi connectivity index (χ3n) is 8.75. The minimum atomic E-state index is -0.311. The van der Waals surface area contributed by atoms with Gasteiger partial charge in [0.2, 0.25) is 0 Å². The number of nitrogens with one attached hydrogen (secondary N) is 1. The Morgan fingerprint density at radius 1 is 0.919 bits per heavy atom. The minimum absolute atomic E-state index is 0.183. The molecule has 0 saturated carbocycles. The summed E-state index contributed by atoms with van der Waals surface area (Å²) in [5.41, 5.74) is 14.6. The van der Waals surface area contributed by atoms with Gasteiger partial charge in [-0.25, -0.2) is 0 Å². The number of rotatable bonds is 8. The molecule has 0 spiro atoms. The molecule has 37 heavy (non-hydrogen) atoms. The van der Waals surface area contributed by atoms with E-state index in [1.54, 1.807) is 0 Å². The predicted molar refractivity (Wildman–Crippen MR) is 154 cm³/mol. The summed E-state index contributed by atoms with van der Waals surface area (Å²) >= 11 is 0. The molecule has 0 aliphatic carbocycles. The molecule has 3 aromatic carbocycles. The van der Waals surface area contributed by atoms with Crippen LogP contribution in [0.25, 0.3) is 0 Å². The first-order chi connectivity index (χ1) is 17.9. The number of anilines is 1. The number of hydrogen-bond donors (Lipinski definition) is 2. The monoisotopic (exact) mass is 497 g/mol. The van der Waals surface area contributed by atoms with Gasteiger partial charge in [0.15, 0.2) is 0 Å². The van der Waals surface area contributed by atoms with Crippen LogP contribution in [0.2, 0.25) is 0 Å². The van der Waals surface area contributed by atoms with E-state index in [1.807, 2.05) is 0 Å². The zero-order valence-electron chi connectivity index (χ0n) is 23.0. The Kier molecular flexibility index (Phi) is 7.60. The predicted octanol–water partition coefficient (Wildman–Crippen LogP) is 6.37. The van der Waals surface area contributed by atoms with Gasteiger partial charge in [0.1, 0.15) is 11.4 Å². The molecule has 0 aromatic heterocycles. The molecule has 4 nitrogen and oxygen atoms in total. The molecule has 0 bridgehead atoms.